The molecule has 1 N–H and O–H groups in total. The summed E-state index contributed by atoms with van der Waals surface area (Å²) in [6, 6.07) is 0.697. The molecule has 1 saturated carbocycles. The summed E-state index contributed by atoms with van der Waals surface area (Å²) in [7, 11) is 0. The molecule has 1 heterocycles. The topological polar surface area (TPSA) is 15.3 Å². The average molecular weight is 295 g/mol. The fraction of sp³-hybridized carbons (Fsp3) is 1.00. The lowest BCUT2D eigenvalue weighted by molar-refractivity contribution is 0.0339. The maximum absolute atomic E-state index is 3.91. The Hall–Kier alpha value is -0.0800. The van der Waals surface area contributed by atoms with E-state index in [1.807, 2.05) is 0 Å². The second kappa shape index (κ2) is 7.46. The van der Waals surface area contributed by atoms with Crippen molar-refractivity contribution in [2.45, 2.75) is 97.1 Å². The van der Waals surface area contributed by atoms with Crippen molar-refractivity contribution in [3.8, 4) is 0 Å². The van der Waals surface area contributed by atoms with Gasteiger partial charge in [-0.25, -0.2) is 0 Å². The van der Waals surface area contributed by atoms with Gasteiger partial charge in [0, 0.05) is 31.2 Å². The Morgan fingerprint density at radius 2 is 1.86 bits per heavy atom. The van der Waals surface area contributed by atoms with Crippen molar-refractivity contribution < 1.29 is 0 Å². The van der Waals surface area contributed by atoms with Crippen LogP contribution in [0.1, 0.15) is 85.5 Å². The van der Waals surface area contributed by atoms with Crippen LogP contribution in [0.4, 0.5) is 0 Å². The molecule has 2 nitrogen and oxygen atoms in total. The lowest BCUT2D eigenvalue weighted by Crippen LogP contribution is -2.65. The molecular formula is C19H38N2. The Balaban J connectivity index is 1.90. The Morgan fingerprint density at radius 3 is 2.52 bits per heavy atom. The lowest BCUT2D eigenvalue weighted by Gasteiger charge is -2.50. The minimum atomic E-state index is 0.449. The van der Waals surface area contributed by atoms with E-state index in [1.165, 1.54) is 77.4 Å². The van der Waals surface area contributed by atoms with Gasteiger partial charge in [-0.1, -0.05) is 59.3 Å². The molecule has 0 amide bonds. The summed E-state index contributed by atoms with van der Waals surface area (Å²) in [6.07, 6.45) is 12.6. The summed E-state index contributed by atoms with van der Waals surface area (Å²) in [5, 5.41) is 3.91. The van der Waals surface area contributed by atoms with Crippen LogP contribution in [0, 0.1) is 5.41 Å². The summed E-state index contributed by atoms with van der Waals surface area (Å²) in [6.45, 7) is 13.4. The summed E-state index contributed by atoms with van der Waals surface area (Å²) in [5.41, 5.74) is 0.918. The van der Waals surface area contributed by atoms with Crippen molar-refractivity contribution in [1.82, 2.24) is 10.2 Å². The number of hydrogen-bond acceptors (Lipinski definition) is 2. The van der Waals surface area contributed by atoms with Gasteiger partial charge in [0.05, 0.1) is 0 Å². The van der Waals surface area contributed by atoms with Crippen molar-refractivity contribution in [2.24, 2.45) is 5.41 Å². The van der Waals surface area contributed by atoms with Crippen molar-refractivity contribution in [3.63, 3.8) is 0 Å². The normalized spacial score (nSPS) is 27.1. The van der Waals surface area contributed by atoms with Crippen LogP contribution in [0.5, 0.6) is 0 Å². The monoisotopic (exact) mass is 294 g/mol. The van der Waals surface area contributed by atoms with E-state index in [-0.39, 0.29) is 0 Å². The zero-order valence-corrected chi connectivity index (χ0v) is 15.0. The summed E-state index contributed by atoms with van der Waals surface area (Å²) in [5.74, 6) is 0. The van der Waals surface area contributed by atoms with Crippen LogP contribution in [-0.2, 0) is 0 Å². The van der Waals surface area contributed by atoms with Crippen LogP contribution in [0.25, 0.3) is 0 Å². The fourth-order valence-corrected chi connectivity index (χ4v) is 4.35. The molecule has 2 heteroatoms. The molecule has 21 heavy (non-hydrogen) atoms. The molecule has 1 spiro atoms. The first-order chi connectivity index (χ1) is 9.96. The second-order valence-electron chi connectivity index (χ2n) is 8.60. The molecule has 1 atom stereocenters. The molecule has 1 aliphatic carbocycles. The second-order valence-corrected chi connectivity index (χ2v) is 8.60. The Morgan fingerprint density at radius 1 is 1.14 bits per heavy atom. The lowest BCUT2D eigenvalue weighted by atomic mass is 9.78. The first kappa shape index (κ1) is 17.3. The molecule has 0 aromatic heterocycles. The molecule has 0 bridgehead atoms. The van der Waals surface area contributed by atoms with Gasteiger partial charge >= 0.3 is 0 Å². The van der Waals surface area contributed by atoms with Gasteiger partial charge in [0.2, 0.25) is 0 Å². The number of nitrogens with one attached hydrogen (secondary N) is 1. The molecule has 0 radical (unpaired) electrons. The quantitative estimate of drug-likeness (QED) is 0.721. The molecule has 1 unspecified atom stereocenters. The molecule has 0 aromatic carbocycles. The van der Waals surface area contributed by atoms with Crippen LogP contribution >= 0.6 is 0 Å². The zero-order chi connectivity index (χ0) is 15.3. The first-order valence-electron chi connectivity index (χ1n) is 9.45. The fourth-order valence-electron chi connectivity index (χ4n) is 4.35. The van der Waals surface area contributed by atoms with E-state index in [0.29, 0.717) is 17.0 Å². The smallest absolute Gasteiger partial charge is 0.0309 e. The Kier molecular flexibility index (Phi) is 6.14. The predicted molar refractivity (Wildman–Crippen MR) is 92.8 cm³/mol. The van der Waals surface area contributed by atoms with Gasteiger partial charge < -0.3 is 5.32 Å². The van der Waals surface area contributed by atoms with E-state index in [1.54, 1.807) is 0 Å². The van der Waals surface area contributed by atoms with Gasteiger partial charge in [-0.05, 0) is 31.6 Å². The van der Waals surface area contributed by atoms with Crippen molar-refractivity contribution in [1.29, 1.82) is 0 Å². The number of unbranched alkanes of at least 4 members (excludes halogenated alkanes) is 2. The molecule has 1 aliphatic heterocycles. The molecule has 2 rings (SSSR count). The molecule has 2 aliphatic rings. The average Bonchev–Trinajstić information content (AvgIpc) is 2.44. The first-order valence-corrected chi connectivity index (χ1v) is 9.45. The van der Waals surface area contributed by atoms with Gasteiger partial charge in [-0.2, -0.15) is 0 Å². The van der Waals surface area contributed by atoms with Crippen LogP contribution < -0.4 is 5.32 Å². The standard InChI is InChI=1S/C19H38N2/c1-5-6-8-11-18(3,4)15-21-16-19(20-14-17(21)2)12-9-7-10-13-19/h17,20H,5-16H2,1-4H3. The van der Waals surface area contributed by atoms with Crippen LogP contribution in [0.2, 0.25) is 0 Å². The maximum Gasteiger partial charge on any atom is 0.0309 e. The molecule has 2 fully saturated rings. The highest BCUT2D eigenvalue weighted by Crippen LogP contribution is 2.34. The largest absolute Gasteiger partial charge is 0.308 e. The van der Waals surface area contributed by atoms with E-state index >= 15 is 0 Å². The van der Waals surface area contributed by atoms with E-state index in [4.69, 9.17) is 0 Å². The third-order valence-electron chi connectivity index (χ3n) is 5.80. The summed E-state index contributed by atoms with van der Waals surface area (Å²) >= 11 is 0. The maximum atomic E-state index is 3.91. The van der Waals surface area contributed by atoms with E-state index in [0.717, 1.165) is 0 Å². The van der Waals surface area contributed by atoms with Crippen LogP contribution in [0.3, 0.4) is 0 Å². The predicted octanol–water partition coefficient (Wildman–Crippen LogP) is 4.59. The van der Waals surface area contributed by atoms with E-state index in [2.05, 4.69) is 37.9 Å². The minimum absolute atomic E-state index is 0.449. The molecule has 124 valence electrons. The Labute approximate surface area is 133 Å². The molecule has 0 aromatic rings. The number of rotatable bonds is 6. The third-order valence-corrected chi connectivity index (χ3v) is 5.80. The van der Waals surface area contributed by atoms with Crippen LogP contribution in [-0.4, -0.2) is 36.1 Å². The van der Waals surface area contributed by atoms with Crippen molar-refractivity contribution >= 4 is 0 Å². The molecule has 1 saturated heterocycles. The van der Waals surface area contributed by atoms with Crippen LogP contribution in [0.15, 0.2) is 0 Å². The van der Waals surface area contributed by atoms with Gasteiger partial charge in [0.1, 0.15) is 0 Å². The SMILES string of the molecule is CCCCCC(C)(C)CN1CC2(CCCCC2)NCC1C. The number of hydrogen-bond donors (Lipinski definition) is 1. The zero-order valence-electron chi connectivity index (χ0n) is 15.0. The van der Waals surface area contributed by atoms with Gasteiger partial charge in [0.25, 0.3) is 0 Å². The van der Waals surface area contributed by atoms with Gasteiger partial charge in [0.15, 0.2) is 0 Å². The Bertz CT molecular complexity index is 305. The highest BCUT2D eigenvalue weighted by Gasteiger charge is 2.39. The molecular weight excluding hydrogens is 256 g/mol. The minimum Gasteiger partial charge on any atom is -0.308 e. The van der Waals surface area contributed by atoms with Gasteiger partial charge in [-0.15, -0.1) is 0 Å². The number of piperazine rings is 1. The van der Waals surface area contributed by atoms with Crippen molar-refractivity contribution in [3.05, 3.63) is 0 Å². The third kappa shape index (κ3) is 4.96. The highest BCUT2D eigenvalue weighted by atomic mass is 15.3. The van der Waals surface area contributed by atoms with E-state index < -0.39 is 0 Å². The van der Waals surface area contributed by atoms with Gasteiger partial charge in [-0.3, -0.25) is 4.90 Å². The van der Waals surface area contributed by atoms with Crippen molar-refractivity contribution in [2.75, 3.05) is 19.6 Å². The number of nitrogens with zero attached hydrogens (tertiary/aromatic N) is 1. The summed E-state index contributed by atoms with van der Waals surface area (Å²) < 4.78 is 0. The summed E-state index contributed by atoms with van der Waals surface area (Å²) in [4.78, 5) is 2.80. The highest BCUT2D eigenvalue weighted by molar-refractivity contribution is 4.99. The van der Waals surface area contributed by atoms with E-state index in [9.17, 15) is 0 Å².